The monoisotopic (exact) mass is 490 g/mol. The van der Waals surface area contributed by atoms with Crippen LogP contribution in [-0.4, -0.2) is 28.7 Å². The van der Waals surface area contributed by atoms with E-state index in [1.165, 1.54) is 23.9 Å². The molecule has 1 unspecified atom stereocenters. The summed E-state index contributed by atoms with van der Waals surface area (Å²) in [6.45, 7) is 3.11. The molecule has 2 aliphatic rings. The van der Waals surface area contributed by atoms with E-state index in [1.54, 1.807) is 0 Å². The number of nitrogens with one attached hydrogen (secondary N) is 2. The van der Waals surface area contributed by atoms with E-state index in [2.05, 4.69) is 63.0 Å². The Morgan fingerprint density at radius 2 is 2.05 bits per heavy atom. The number of hydrogen-bond donors (Lipinski definition) is 2. The van der Waals surface area contributed by atoms with Crippen LogP contribution >= 0.6 is 47.8 Å². The third kappa shape index (κ3) is 2.44. The Morgan fingerprint density at radius 1 is 1.18 bits per heavy atom. The predicted octanol–water partition coefficient (Wildman–Crippen LogP) is 4.43. The van der Waals surface area contributed by atoms with Gasteiger partial charge in [-0.2, -0.15) is 0 Å². The Bertz CT molecular complexity index is 734. The minimum Gasteiger partial charge on any atom is -0.354 e. The highest BCUT2D eigenvalue weighted by Crippen LogP contribution is 2.43. The van der Waals surface area contributed by atoms with Gasteiger partial charge in [-0.3, -0.25) is 0 Å². The number of rotatable bonds is 3. The second-order valence-electron chi connectivity index (χ2n) is 5.98. The second-order valence-corrected chi connectivity index (χ2v) is 8.36. The minimum atomic E-state index is 0.567. The first-order valence-electron chi connectivity index (χ1n) is 7.69. The van der Waals surface area contributed by atoms with Crippen LogP contribution in [0, 0.1) is 0 Å². The van der Waals surface area contributed by atoms with Gasteiger partial charge in [0.15, 0.2) is 0 Å². The van der Waals surface area contributed by atoms with E-state index in [0.717, 1.165) is 57.4 Å². The summed E-state index contributed by atoms with van der Waals surface area (Å²) in [6, 6.07) is 0.567. The van der Waals surface area contributed by atoms with Crippen molar-refractivity contribution in [3.05, 3.63) is 19.0 Å². The second kappa shape index (κ2) is 6.07. The number of hydrogen-bond acceptors (Lipinski definition) is 3. The van der Waals surface area contributed by atoms with Crippen LogP contribution in [0.15, 0.2) is 13.4 Å². The van der Waals surface area contributed by atoms with Crippen LogP contribution < -0.4 is 10.6 Å². The normalized spacial score (nSPS) is 20.8. The van der Waals surface area contributed by atoms with Gasteiger partial charge in [-0.05, 0) is 85.6 Å². The third-order valence-electron chi connectivity index (χ3n) is 4.59. The first-order chi connectivity index (χ1) is 10.7. The lowest BCUT2D eigenvalue weighted by molar-refractivity contribution is 0.611. The molecule has 118 valence electrons. The van der Waals surface area contributed by atoms with E-state index in [4.69, 9.17) is 4.98 Å². The molecular weight excluding hydrogens is 476 g/mol. The van der Waals surface area contributed by atoms with Gasteiger partial charge < -0.3 is 15.2 Å². The van der Waals surface area contributed by atoms with Crippen molar-refractivity contribution < 1.29 is 0 Å². The maximum atomic E-state index is 4.87. The summed E-state index contributed by atoms with van der Waals surface area (Å²) in [5, 5.41) is 7.09. The van der Waals surface area contributed by atoms with E-state index < -0.39 is 0 Å². The van der Waals surface area contributed by atoms with Gasteiger partial charge in [-0.1, -0.05) is 0 Å². The van der Waals surface area contributed by atoms with Gasteiger partial charge in [0, 0.05) is 28.1 Å². The van der Waals surface area contributed by atoms with Crippen molar-refractivity contribution in [1.29, 1.82) is 0 Å². The summed E-state index contributed by atoms with van der Waals surface area (Å²) in [5.41, 5.74) is 3.66. The fourth-order valence-electron chi connectivity index (χ4n) is 3.49. The minimum absolute atomic E-state index is 0.567. The lowest BCUT2D eigenvalue weighted by atomic mass is 10.0. The number of aryl methyl sites for hydroxylation is 2. The Hall–Kier alpha value is -0.110. The molecule has 0 radical (unpaired) electrons. The molecule has 0 spiro atoms. The summed E-state index contributed by atoms with van der Waals surface area (Å²) in [6.07, 6.45) is 4.78. The van der Waals surface area contributed by atoms with E-state index in [9.17, 15) is 0 Å². The molecule has 7 heteroatoms. The number of nitrogens with zero attached hydrogens (tertiary/aromatic N) is 2. The van der Waals surface area contributed by atoms with Crippen molar-refractivity contribution in [3.63, 3.8) is 0 Å². The SMILES string of the molecule is Brc1c(Br)c2c3c(nc(NCC4CCCN4)n3CCC2)c1Br. The predicted molar refractivity (Wildman–Crippen MR) is 101 cm³/mol. The van der Waals surface area contributed by atoms with Crippen LogP contribution in [0.25, 0.3) is 11.0 Å². The summed E-state index contributed by atoms with van der Waals surface area (Å²) in [4.78, 5) is 4.87. The zero-order valence-electron chi connectivity index (χ0n) is 12.1. The average Bonchev–Trinajstić information content (AvgIpc) is 3.17. The lowest BCUT2D eigenvalue weighted by Crippen LogP contribution is -2.30. The van der Waals surface area contributed by atoms with Gasteiger partial charge in [0.1, 0.15) is 5.52 Å². The molecule has 3 heterocycles. The standard InChI is InChI=1S/C15H17Br3N4/c16-10-9-4-2-6-22-14(9)13(12(18)11(10)17)21-15(22)20-7-8-3-1-5-19-8/h8,19H,1-7H2,(H,20,21). The number of imidazole rings is 1. The maximum absolute atomic E-state index is 4.87. The summed E-state index contributed by atoms with van der Waals surface area (Å²) >= 11 is 11.1. The summed E-state index contributed by atoms with van der Waals surface area (Å²) < 4.78 is 5.58. The number of halogens is 3. The van der Waals surface area contributed by atoms with Crippen LogP contribution in [-0.2, 0) is 13.0 Å². The molecule has 1 atom stereocenters. The average molecular weight is 493 g/mol. The molecule has 0 amide bonds. The third-order valence-corrected chi connectivity index (χ3v) is 8.09. The number of anilines is 1. The van der Waals surface area contributed by atoms with Crippen LogP contribution in [0.4, 0.5) is 5.95 Å². The van der Waals surface area contributed by atoms with Crippen molar-refractivity contribution in [2.75, 3.05) is 18.4 Å². The fraction of sp³-hybridized carbons (Fsp3) is 0.533. The fourth-order valence-corrected chi connectivity index (χ4v) is 5.24. The molecule has 0 aliphatic carbocycles. The van der Waals surface area contributed by atoms with E-state index in [0.29, 0.717) is 6.04 Å². The molecule has 2 aromatic rings. The molecule has 2 aliphatic heterocycles. The first-order valence-corrected chi connectivity index (χ1v) is 10.1. The van der Waals surface area contributed by atoms with Gasteiger partial charge >= 0.3 is 0 Å². The Kier molecular flexibility index (Phi) is 4.26. The topological polar surface area (TPSA) is 41.9 Å². The van der Waals surface area contributed by atoms with E-state index >= 15 is 0 Å². The summed E-state index contributed by atoms with van der Waals surface area (Å²) in [5.74, 6) is 0.996. The van der Waals surface area contributed by atoms with Crippen molar-refractivity contribution >= 4 is 64.8 Å². The Labute approximate surface area is 154 Å². The molecule has 2 N–H and O–H groups in total. The van der Waals surface area contributed by atoms with Gasteiger partial charge in [-0.25, -0.2) is 4.98 Å². The van der Waals surface area contributed by atoms with Crippen molar-refractivity contribution in [1.82, 2.24) is 14.9 Å². The molecular formula is C15H17Br3N4. The first kappa shape index (κ1) is 15.4. The Morgan fingerprint density at radius 3 is 2.82 bits per heavy atom. The van der Waals surface area contributed by atoms with Crippen LogP contribution in [0.2, 0.25) is 0 Å². The van der Waals surface area contributed by atoms with Gasteiger partial charge in [0.2, 0.25) is 5.95 Å². The number of benzene rings is 1. The molecule has 0 bridgehead atoms. The highest BCUT2D eigenvalue weighted by molar-refractivity contribution is 9.14. The number of aromatic nitrogens is 2. The van der Waals surface area contributed by atoms with E-state index in [-0.39, 0.29) is 0 Å². The van der Waals surface area contributed by atoms with Gasteiger partial charge in [0.05, 0.1) is 9.99 Å². The largest absolute Gasteiger partial charge is 0.354 e. The molecule has 4 rings (SSSR count). The highest BCUT2D eigenvalue weighted by atomic mass is 79.9. The molecule has 1 saturated heterocycles. The lowest BCUT2D eigenvalue weighted by Gasteiger charge is -2.20. The molecule has 0 saturated carbocycles. The van der Waals surface area contributed by atoms with Crippen molar-refractivity contribution in [2.24, 2.45) is 0 Å². The molecule has 4 nitrogen and oxygen atoms in total. The van der Waals surface area contributed by atoms with Crippen molar-refractivity contribution in [2.45, 2.75) is 38.3 Å². The molecule has 22 heavy (non-hydrogen) atoms. The zero-order valence-corrected chi connectivity index (χ0v) is 16.8. The van der Waals surface area contributed by atoms with E-state index in [1.807, 2.05) is 0 Å². The van der Waals surface area contributed by atoms with Gasteiger partial charge in [0.25, 0.3) is 0 Å². The Balaban J connectivity index is 1.77. The smallest absolute Gasteiger partial charge is 0.203 e. The van der Waals surface area contributed by atoms with Crippen LogP contribution in [0.3, 0.4) is 0 Å². The summed E-state index contributed by atoms with van der Waals surface area (Å²) in [7, 11) is 0. The molecule has 1 aromatic heterocycles. The molecule has 1 aromatic carbocycles. The quantitative estimate of drug-likeness (QED) is 0.623. The molecule has 1 fully saturated rings. The zero-order chi connectivity index (χ0) is 15.3. The van der Waals surface area contributed by atoms with Crippen LogP contribution in [0.5, 0.6) is 0 Å². The highest BCUT2D eigenvalue weighted by Gasteiger charge is 2.25. The van der Waals surface area contributed by atoms with Crippen LogP contribution in [0.1, 0.15) is 24.8 Å². The maximum Gasteiger partial charge on any atom is 0.203 e. The van der Waals surface area contributed by atoms with Crippen molar-refractivity contribution in [3.8, 4) is 0 Å². The van der Waals surface area contributed by atoms with Gasteiger partial charge in [-0.15, -0.1) is 0 Å².